The lowest BCUT2D eigenvalue weighted by molar-refractivity contribution is -0.121. The van der Waals surface area contributed by atoms with Crippen molar-refractivity contribution in [2.24, 2.45) is 5.92 Å². The van der Waals surface area contributed by atoms with E-state index in [9.17, 15) is 9.59 Å². The molecule has 1 aromatic carbocycles. The Morgan fingerprint density at radius 2 is 1.82 bits per heavy atom. The van der Waals surface area contributed by atoms with Crippen LogP contribution in [0.3, 0.4) is 0 Å². The van der Waals surface area contributed by atoms with Crippen LogP contribution in [0.1, 0.15) is 49.7 Å². The van der Waals surface area contributed by atoms with E-state index in [1.165, 1.54) is 0 Å². The third kappa shape index (κ3) is 5.22. The van der Waals surface area contributed by atoms with Gasteiger partial charge in [0.15, 0.2) is 0 Å². The van der Waals surface area contributed by atoms with Crippen LogP contribution in [-0.4, -0.2) is 49.6 Å². The maximum Gasteiger partial charge on any atom is 0.253 e. The SMILES string of the molecule is CC(C)(C)c1cc(NC(=O)C2CCCN(C(=O)c3ccc(Cl)cc3)C2)n(-c2ncccn2)n1. The molecule has 8 nitrogen and oxygen atoms in total. The minimum Gasteiger partial charge on any atom is -0.338 e. The Kier molecular flexibility index (Phi) is 6.47. The van der Waals surface area contributed by atoms with Crippen molar-refractivity contribution < 1.29 is 9.59 Å². The van der Waals surface area contributed by atoms with Crippen LogP contribution in [0.2, 0.25) is 5.02 Å². The number of carbonyl (C=O) groups is 2. The topological polar surface area (TPSA) is 93.0 Å². The summed E-state index contributed by atoms with van der Waals surface area (Å²) in [5.74, 6) is 0.319. The molecule has 1 atom stereocenters. The highest BCUT2D eigenvalue weighted by molar-refractivity contribution is 6.30. The number of nitrogens with zero attached hydrogens (tertiary/aromatic N) is 5. The van der Waals surface area contributed by atoms with Crippen molar-refractivity contribution in [3.05, 3.63) is 65.1 Å². The lowest BCUT2D eigenvalue weighted by Crippen LogP contribution is -2.43. The first kappa shape index (κ1) is 22.9. The first-order valence-electron chi connectivity index (χ1n) is 11.0. The number of hydrogen-bond acceptors (Lipinski definition) is 5. The predicted octanol–water partition coefficient (Wildman–Crippen LogP) is 4.10. The Morgan fingerprint density at radius 1 is 1.12 bits per heavy atom. The van der Waals surface area contributed by atoms with Crippen LogP contribution < -0.4 is 5.32 Å². The zero-order chi connectivity index (χ0) is 23.6. The molecule has 4 rings (SSSR count). The standard InChI is InChI=1S/C24H27ClN6O2/c1-24(2,3)19-14-20(31(29-19)23-26-11-5-12-27-23)28-21(32)17-6-4-13-30(15-17)22(33)16-7-9-18(25)10-8-16/h5,7-12,14,17H,4,6,13,15H2,1-3H3,(H,28,32). The minimum atomic E-state index is -0.326. The van der Waals surface area contributed by atoms with E-state index >= 15 is 0 Å². The summed E-state index contributed by atoms with van der Waals surface area (Å²) in [7, 11) is 0. The van der Waals surface area contributed by atoms with E-state index in [2.05, 4.69) is 41.2 Å². The number of carbonyl (C=O) groups excluding carboxylic acids is 2. The highest BCUT2D eigenvalue weighted by Crippen LogP contribution is 2.27. The summed E-state index contributed by atoms with van der Waals surface area (Å²) >= 11 is 5.94. The van der Waals surface area contributed by atoms with Crippen LogP contribution in [0, 0.1) is 5.92 Å². The molecule has 2 amide bonds. The smallest absolute Gasteiger partial charge is 0.253 e. The van der Waals surface area contributed by atoms with E-state index < -0.39 is 0 Å². The van der Waals surface area contributed by atoms with Gasteiger partial charge in [-0.15, -0.1) is 0 Å². The van der Waals surface area contributed by atoms with Gasteiger partial charge in [0.2, 0.25) is 5.91 Å². The molecule has 2 aromatic heterocycles. The quantitative estimate of drug-likeness (QED) is 0.624. The van der Waals surface area contributed by atoms with E-state index in [0.29, 0.717) is 41.9 Å². The molecule has 1 N–H and O–H groups in total. The molecule has 172 valence electrons. The molecule has 3 heterocycles. The van der Waals surface area contributed by atoms with Crippen molar-refractivity contribution in [1.82, 2.24) is 24.6 Å². The number of benzene rings is 1. The Balaban J connectivity index is 1.52. The molecular weight excluding hydrogens is 440 g/mol. The van der Waals surface area contributed by atoms with Crippen molar-refractivity contribution in [2.75, 3.05) is 18.4 Å². The fourth-order valence-electron chi connectivity index (χ4n) is 3.77. The second-order valence-electron chi connectivity index (χ2n) is 9.21. The van der Waals surface area contributed by atoms with Crippen molar-refractivity contribution in [3.63, 3.8) is 0 Å². The summed E-state index contributed by atoms with van der Waals surface area (Å²) in [6.45, 7) is 7.14. The molecule has 0 saturated carbocycles. The third-order valence-electron chi connectivity index (χ3n) is 5.64. The molecule has 0 spiro atoms. The summed E-state index contributed by atoms with van der Waals surface area (Å²) in [4.78, 5) is 36.4. The van der Waals surface area contributed by atoms with Gasteiger partial charge in [0, 0.05) is 47.6 Å². The van der Waals surface area contributed by atoms with Crippen LogP contribution in [0.25, 0.3) is 5.95 Å². The van der Waals surface area contributed by atoms with E-state index in [0.717, 1.165) is 12.1 Å². The maximum atomic E-state index is 13.2. The maximum absolute atomic E-state index is 13.2. The van der Waals surface area contributed by atoms with Gasteiger partial charge in [-0.1, -0.05) is 32.4 Å². The van der Waals surface area contributed by atoms with Gasteiger partial charge in [0.1, 0.15) is 5.82 Å². The summed E-state index contributed by atoms with van der Waals surface area (Å²) in [6.07, 6.45) is 4.73. The van der Waals surface area contributed by atoms with E-state index in [-0.39, 0.29) is 23.1 Å². The van der Waals surface area contributed by atoms with Gasteiger partial charge >= 0.3 is 0 Å². The molecule has 1 aliphatic heterocycles. The Morgan fingerprint density at radius 3 is 2.48 bits per heavy atom. The number of likely N-dealkylation sites (tertiary alicyclic amines) is 1. The van der Waals surface area contributed by atoms with Gasteiger partial charge in [-0.3, -0.25) is 9.59 Å². The van der Waals surface area contributed by atoms with Crippen LogP contribution in [0.4, 0.5) is 5.82 Å². The number of rotatable bonds is 4. The molecule has 1 unspecified atom stereocenters. The monoisotopic (exact) mass is 466 g/mol. The zero-order valence-electron chi connectivity index (χ0n) is 19.0. The minimum absolute atomic E-state index is 0.0955. The normalized spacial score (nSPS) is 16.5. The van der Waals surface area contributed by atoms with Crippen LogP contribution in [-0.2, 0) is 10.2 Å². The molecule has 9 heteroatoms. The van der Waals surface area contributed by atoms with Crippen molar-refractivity contribution in [1.29, 1.82) is 0 Å². The van der Waals surface area contributed by atoms with E-state index in [4.69, 9.17) is 11.6 Å². The highest BCUT2D eigenvalue weighted by Gasteiger charge is 2.30. The summed E-state index contributed by atoms with van der Waals surface area (Å²) in [5.41, 5.74) is 1.16. The van der Waals surface area contributed by atoms with Crippen LogP contribution in [0.15, 0.2) is 48.8 Å². The van der Waals surface area contributed by atoms with Crippen molar-refractivity contribution >= 4 is 29.2 Å². The average molecular weight is 467 g/mol. The van der Waals surface area contributed by atoms with E-state index in [1.54, 1.807) is 52.3 Å². The molecule has 1 saturated heterocycles. The lowest BCUT2D eigenvalue weighted by Gasteiger charge is -2.32. The number of anilines is 1. The third-order valence-corrected chi connectivity index (χ3v) is 5.89. The molecule has 1 fully saturated rings. The average Bonchev–Trinajstić information content (AvgIpc) is 3.24. The number of hydrogen-bond donors (Lipinski definition) is 1. The van der Waals surface area contributed by atoms with Crippen LogP contribution >= 0.6 is 11.6 Å². The largest absolute Gasteiger partial charge is 0.338 e. The number of amides is 2. The Labute approximate surface area is 198 Å². The number of piperidine rings is 1. The molecule has 33 heavy (non-hydrogen) atoms. The fraction of sp³-hybridized carbons (Fsp3) is 0.375. The zero-order valence-corrected chi connectivity index (χ0v) is 19.7. The Bertz CT molecular complexity index is 1140. The predicted molar refractivity (Wildman–Crippen MR) is 127 cm³/mol. The summed E-state index contributed by atoms with van der Waals surface area (Å²) in [5, 5.41) is 8.23. The van der Waals surface area contributed by atoms with E-state index in [1.807, 2.05) is 6.07 Å². The first-order chi connectivity index (χ1) is 15.7. The van der Waals surface area contributed by atoms with Gasteiger partial charge in [-0.05, 0) is 43.2 Å². The second kappa shape index (κ2) is 9.31. The number of halogens is 1. The van der Waals surface area contributed by atoms with Crippen LogP contribution in [0.5, 0.6) is 0 Å². The molecule has 0 bridgehead atoms. The summed E-state index contributed by atoms with van der Waals surface area (Å²) in [6, 6.07) is 10.4. The first-order valence-corrected chi connectivity index (χ1v) is 11.3. The lowest BCUT2D eigenvalue weighted by atomic mass is 9.92. The van der Waals surface area contributed by atoms with Gasteiger partial charge in [-0.2, -0.15) is 9.78 Å². The van der Waals surface area contributed by atoms with Gasteiger partial charge < -0.3 is 10.2 Å². The Hall–Kier alpha value is -3.26. The molecule has 3 aromatic rings. The molecule has 0 radical (unpaired) electrons. The van der Waals surface area contributed by atoms with Gasteiger partial charge in [-0.25, -0.2) is 9.97 Å². The second-order valence-corrected chi connectivity index (χ2v) is 9.65. The van der Waals surface area contributed by atoms with Crippen molar-refractivity contribution in [2.45, 2.75) is 39.0 Å². The summed E-state index contributed by atoms with van der Waals surface area (Å²) < 4.78 is 1.55. The molecule has 1 aliphatic rings. The van der Waals surface area contributed by atoms with Crippen molar-refractivity contribution in [3.8, 4) is 5.95 Å². The highest BCUT2D eigenvalue weighted by atomic mass is 35.5. The molecule has 0 aliphatic carbocycles. The van der Waals surface area contributed by atoms with Gasteiger partial charge in [0.05, 0.1) is 11.6 Å². The fourth-order valence-corrected chi connectivity index (χ4v) is 3.89. The van der Waals surface area contributed by atoms with Gasteiger partial charge in [0.25, 0.3) is 11.9 Å². The number of nitrogens with one attached hydrogen (secondary N) is 1. The number of aromatic nitrogens is 4. The molecular formula is C24H27ClN6O2.